The second-order valence-corrected chi connectivity index (χ2v) is 4.54. The summed E-state index contributed by atoms with van der Waals surface area (Å²) in [7, 11) is 0. The molecule has 0 saturated carbocycles. The number of carbonyl (C=O) groups is 2. The SMILES string of the molecule is Cc1cnc(C(=O)N[C@H](CC(C)C)C(=O)O)cn1. The molecule has 98 valence electrons. The van der Waals surface area contributed by atoms with Crippen molar-refractivity contribution in [1.29, 1.82) is 0 Å². The van der Waals surface area contributed by atoms with Crippen molar-refractivity contribution in [3.05, 3.63) is 23.8 Å². The number of carbonyl (C=O) groups excluding carboxylic acids is 1. The van der Waals surface area contributed by atoms with E-state index in [2.05, 4.69) is 15.3 Å². The van der Waals surface area contributed by atoms with E-state index in [1.807, 2.05) is 13.8 Å². The predicted octanol–water partition coefficient (Wildman–Crippen LogP) is 1.01. The topological polar surface area (TPSA) is 92.2 Å². The van der Waals surface area contributed by atoms with Gasteiger partial charge in [-0.25, -0.2) is 9.78 Å². The van der Waals surface area contributed by atoms with Crippen LogP contribution in [0.2, 0.25) is 0 Å². The van der Waals surface area contributed by atoms with Gasteiger partial charge >= 0.3 is 5.97 Å². The average molecular weight is 251 g/mol. The second-order valence-electron chi connectivity index (χ2n) is 4.54. The number of aliphatic carboxylic acids is 1. The van der Waals surface area contributed by atoms with Crippen LogP contribution in [0.3, 0.4) is 0 Å². The number of hydrogen-bond donors (Lipinski definition) is 2. The number of nitrogens with zero attached hydrogens (tertiary/aromatic N) is 2. The summed E-state index contributed by atoms with van der Waals surface area (Å²) >= 11 is 0. The summed E-state index contributed by atoms with van der Waals surface area (Å²) in [5.41, 5.74) is 0.819. The van der Waals surface area contributed by atoms with Gasteiger partial charge in [-0.3, -0.25) is 9.78 Å². The molecule has 0 fully saturated rings. The molecule has 1 aromatic heterocycles. The van der Waals surface area contributed by atoms with Gasteiger partial charge in [-0.2, -0.15) is 0 Å². The number of rotatable bonds is 5. The molecule has 6 nitrogen and oxygen atoms in total. The quantitative estimate of drug-likeness (QED) is 0.815. The molecule has 2 N–H and O–H groups in total. The van der Waals surface area contributed by atoms with Crippen molar-refractivity contribution < 1.29 is 14.7 Å². The van der Waals surface area contributed by atoms with E-state index in [4.69, 9.17) is 5.11 Å². The minimum absolute atomic E-state index is 0.121. The average Bonchev–Trinajstić information content (AvgIpc) is 2.28. The first-order valence-electron chi connectivity index (χ1n) is 5.72. The van der Waals surface area contributed by atoms with E-state index in [1.54, 1.807) is 6.92 Å². The first-order chi connectivity index (χ1) is 8.40. The van der Waals surface area contributed by atoms with Gasteiger partial charge in [0.25, 0.3) is 5.91 Å². The predicted molar refractivity (Wildman–Crippen MR) is 65.1 cm³/mol. The molecule has 0 radical (unpaired) electrons. The van der Waals surface area contributed by atoms with Crippen molar-refractivity contribution in [2.75, 3.05) is 0 Å². The molecule has 1 heterocycles. The number of hydrogen-bond acceptors (Lipinski definition) is 4. The third-order valence-electron chi connectivity index (χ3n) is 2.32. The third kappa shape index (κ3) is 4.12. The zero-order valence-corrected chi connectivity index (χ0v) is 10.7. The number of aryl methyl sites for hydroxylation is 1. The van der Waals surface area contributed by atoms with Crippen molar-refractivity contribution >= 4 is 11.9 Å². The summed E-state index contributed by atoms with van der Waals surface area (Å²) in [4.78, 5) is 30.6. The van der Waals surface area contributed by atoms with Crippen molar-refractivity contribution in [3.63, 3.8) is 0 Å². The Morgan fingerprint density at radius 1 is 1.33 bits per heavy atom. The molecule has 0 saturated heterocycles. The number of aromatic nitrogens is 2. The van der Waals surface area contributed by atoms with E-state index in [1.165, 1.54) is 12.4 Å². The lowest BCUT2D eigenvalue weighted by atomic mass is 10.0. The van der Waals surface area contributed by atoms with Gasteiger partial charge in [0, 0.05) is 6.20 Å². The Morgan fingerprint density at radius 2 is 2.00 bits per heavy atom. The van der Waals surface area contributed by atoms with Gasteiger partial charge in [0.15, 0.2) is 0 Å². The van der Waals surface area contributed by atoms with Gasteiger partial charge in [0.2, 0.25) is 0 Å². The summed E-state index contributed by atoms with van der Waals surface area (Å²) in [6.07, 6.45) is 3.17. The highest BCUT2D eigenvalue weighted by atomic mass is 16.4. The molecule has 0 unspecified atom stereocenters. The van der Waals surface area contributed by atoms with Crippen LogP contribution in [0.25, 0.3) is 0 Å². The summed E-state index contributed by atoms with van der Waals surface area (Å²) in [6.45, 7) is 5.55. The molecule has 0 aliphatic heterocycles. The largest absolute Gasteiger partial charge is 0.480 e. The van der Waals surface area contributed by atoms with Crippen LogP contribution in [0.1, 0.15) is 36.5 Å². The minimum Gasteiger partial charge on any atom is -0.480 e. The summed E-state index contributed by atoms with van der Waals surface area (Å²) in [5.74, 6) is -1.39. The Morgan fingerprint density at radius 3 is 2.44 bits per heavy atom. The first-order valence-corrected chi connectivity index (χ1v) is 5.72. The molecule has 0 spiro atoms. The lowest BCUT2D eigenvalue weighted by molar-refractivity contribution is -0.139. The summed E-state index contributed by atoms with van der Waals surface area (Å²) in [5, 5.41) is 11.5. The van der Waals surface area contributed by atoms with Crippen LogP contribution in [0.4, 0.5) is 0 Å². The van der Waals surface area contributed by atoms with Gasteiger partial charge in [0.1, 0.15) is 11.7 Å². The highest BCUT2D eigenvalue weighted by Crippen LogP contribution is 2.06. The maximum Gasteiger partial charge on any atom is 0.326 e. The molecule has 0 bridgehead atoms. The first kappa shape index (κ1) is 14.1. The van der Waals surface area contributed by atoms with E-state index in [9.17, 15) is 9.59 Å². The Kier molecular flexibility index (Phi) is 4.76. The van der Waals surface area contributed by atoms with Gasteiger partial charge in [-0.05, 0) is 19.3 Å². The maximum atomic E-state index is 11.8. The monoisotopic (exact) mass is 251 g/mol. The number of carboxylic acids is 1. The van der Waals surface area contributed by atoms with Crippen LogP contribution in [0.15, 0.2) is 12.4 Å². The highest BCUT2D eigenvalue weighted by Gasteiger charge is 2.22. The highest BCUT2D eigenvalue weighted by molar-refractivity contribution is 5.94. The fraction of sp³-hybridized carbons (Fsp3) is 0.500. The van der Waals surface area contributed by atoms with E-state index in [0.29, 0.717) is 12.1 Å². The molecule has 1 atom stereocenters. The Bertz CT molecular complexity index is 429. The van der Waals surface area contributed by atoms with Gasteiger partial charge in [-0.15, -0.1) is 0 Å². The van der Waals surface area contributed by atoms with Crippen molar-refractivity contribution in [2.45, 2.75) is 33.2 Å². The van der Waals surface area contributed by atoms with Crippen molar-refractivity contribution in [1.82, 2.24) is 15.3 Å². The molecule has 6 heteroatoms. The molecule has 1 amide bonds. The lowest BCUT2D eigenvalue weighted by Gasteiger charge is -2.15. The maximum absolute atomic E-state index is 11.8. The Labute approximate surface area is 105 Å². The van der Waals surface area contributed by atoms with Crippen LogP contribution >= 0.6 is 0 Å². The van der Waals surface area contributed by atoms with Gasteiger partial charge in [-0.1, -0.05) is 13.8 Å². The minimum atomic E-state index is -1.04. The van der Waals surface area contributed by atoms with Crippen LogP contribution in [-0.4, -0.2) is 33.0 Å². The smallest absolute Gasteiger partial charge is 0.326 e. The molecule has 1 rings (SSSR count). The van der Waals surface area contributed by atoms with E-state index in [0.717, 1.165) is 0 Å². The fourth-order valence-electron chi connectivity index (χ4n) is 1.43. The number of nitrogens with one attached hydrogen (secondary N) is 1. The molecular formula is C12H17N3O3. The Hall–Kier alpha value is -1.98. The summed E-state index contributed by atoms with van der Waals surface area (Å²) < 4.78 is 0. The van der Waals surface area contributed by atoms with Crippen molar-refractivity contribution in [3.8, 4) is 0 Å². The van der Waals surface area contributed by atoms with Crippen LogP contribution in [0, 0.1) is 12.8 Å². The van der Waals surface area contributed by atoms with Crippen LogP contribution < -0.4 is 5.32 Å². The van der Waals surface area contributed by atoms with E-state index >= 15 is 0 Å². The second kappa shape index (κ2) is 6.09. The standard InChI is InChI=1S/C12H17N3O3/c1-7(2)4-9(12(17)18)15-11(16)10-6-13-8(3)5-14-10/h5-7,9H,4H2,1-3H3,(H,15,16)(H,17,18)/t9-/m1/s1. The van der Waals surface area contributed by atoms with Crippen LogP contribution in [0.5, 0.6) is 0 Å². The van der Waals surface area contributed by atoms with E-state index in [-0.39, 0.29) is 11.6 Å². The molecule has 0 aromatic carbocycles. The van der Waals surface area contributed by atoms with Crippen LogP contribution in [-0.2, 0) is 4.79 Å². The molecular weight excluding hydrogens is 234 g/mol. The van der Waals surface area contributed by atoms with E-state index < -0.39 is 17.9 Å². The fourth-order valence-corrected chi connectivity index (χ4v) is 1.43. The zero-order valence-electron chi connectivity index (χ0n) is 10.7. The lowest BCUT2D eigenvalue weighted by Crippen LogP contribution is -2.42. The zero-order chi connectivity index (χ0) is 13.7. The van der Waals surface area contributed by atoms with Gasteiger partial charge < -0.3 is 10.4 Å². The number of amides is 1. The third-order valence-corrected chi connectivity index (χ3v) is 2.32. The molecule has 18 heavy (non-hydrogen) atoms. The molecule has 0 aliphatic rings. The molecule has 1 aromatic rings. The van der Waals surface area contributed by atoms with Crippen molar-refractivity contribution in [2.24, 2.45) is 5.92 Å². The number of carboxylic acid groups (broad SMARTS) is 1. The van der Waals surface area contributed by atoms with Gasteiger partial charge in [0.05, 0.1) is 11.9 Å². The summed E-state index contributed by atoms with van der Waals surface area (Å²) in [6, 6.07) is -0.902. The Balaban J connectivity index is 2.72. The molecule has 0 aliphatic carbocycles. The normalized spacial score (nSPS) is 12.2.